The Morgan fingerprint density at radius 3 is 2.32 bits per heavy atom. The minimum atomic E-state index is -0.804. The van der Waals surface area contributed by atoms with Gasteiger partial charge in [0, 0.05) is 47.8 Å². The fraction of sp³-hybridized carbons (Fsp3) is 0.259. The number of benzene rings is 3. The van der Waals surface area contributed by atoms with Crippen molar-refractivity contribution in [2.24, 2.45) is 5.92 Å². The van der Waals surface area contributed by atoms with Gasteiger partial charge in [-0.05, 0) is 36.6 Å². The van der Waals surface area contributed by atoms with Gasteiger partial charge in [-0.2, -0.15) is 0 Å². The van der Waals surface area contributed by atoms with Crippen molar-refractivity contribution >= 4 is 11.9 Å². The number of nitrogens with zero attached hydrogens (tertiary/aromatic N) is 1. The van der Waals surface area contributed by atoms with E-state index in [4.69, 9.17) is 9.47 Å². The lowest BCUT2D eigenvalue weighted by atomic mass is 9.80. The number of aromatic hydroxyl groups is 1. The highest BCUT2D eigenvalue weighted by Crippen LogP contribution is 2.49. The van der Waals surface area contributed by atoms with E-state index in [-0.39, 0.29) is 17.6 Å². The summed E-state index contributed by atoms with van der Waals surface area (Å²) in [5, 5.41) is 19.4. The van der Waals surface area contributed by atoms with Gasteiger partial charge >= 0.3 is 5.97 Å². The molecule has 0 aromatic heterocycles. The molecule has 0 radical (unpaired) electrons. The van der Waals surface area contributed by atoms with E-state index in [2.05, 4.69) is 0 Å². The number of methoxy groups -OCH3 is 1. The largest absolute Gasteiger partial charge is 0.508 e. The number of hydrogen-bond acceptors (Lipinski definition) is 5. The van der Waals surface area contributed by atoms with Crippen LogP contribution in [0.5, 0.6) is 23.0 Å². The van der Waals surface area contributed by atoms with E-state index < -0.39 is 11.9 Å². The first-order valence-corrected chi connectivity index (χ1v) is 11.3. The fourth-order valence-corrected chi connectivity index (χ4v) is 4.88. The molecule has 2 heterocycles. The highest BCUT2D eigenvalue weighted by Gasteiger charge is 2.34. The van der Waals surface area contributed by atoms with Gasteiger partial charge in [-0.25, -0.2) is 0 Å². The van der Waals surface area contributed by atoms with Crippen LogP contribution < -0.4 is 9.47 Å². The number of piperidine rings is 1. The number of rotatable bonds is 4. The van der Waals surface area contributed by atoms with E-state index >= 15 is 0 Å². The first-order chi connectivity index (χ1) is 16.5. The topological polar surface area (TPSA) is 96.3 Å². The molecule has 1 atom stereocenters. The summed E-state index contributed by atoms with van der Waals surface area (Å²) < 4.78 is 11.5. The van der Waals surface area contributed by atoms with Crippen molar-refractivity contribution in [3.05, 3.63) is 82.9 Å². The molecule has 34 heavy (non-hydrogen) atoms. The maximum Gasteiger partial charge on any atom is 0.306 e. The average Bonchev–Trinajstić information content (AvgIpc) is 2.86. The third-order valence-corrected chi connectivity index (χ3v) is 6.69. The number of carboxylic acid groups (broad SMARTS) is 1. The monoisotopic (exact) mass is 459 g/mol. The predicted octanol–water partition coefficient (Wildman–Crippen LogP) is 4.62. The van der Waals surface area contributed by atoms with Gasteiger partial charge in [-0.1, -0.05) is 30.3 Å². The number of carbonyl (C=O) groups excluding carboxylic acids is 1. The van der Waals surface area contributed by atoms with Crippen LogP contribution in [0, 0.1) is 5.92 Å². The summed E-state index contributed by atoms with van der Waals surface area (Å²) in [7, 11) is 1.59. The molecule has 0 aliphatic carbocycles. The Morgan fingerprint density at radius 2 is 1.62 bits per heavy atom. The van der Waals surface area contributed by atoms with Gasteiger partial charge in [0.15, 0.2) is 0 Å². The number of phenols is 1. The highest BCUT2D eigenvalue weighted by atomic mass is 16.5. The number of likely N-dealkylation sites (tertiary alicyclic amines) is 1. The third kappa shape index (κ3) is 3.83. The maximum absolute atomic E-state index is 13.6. The van der Waals surface area contributed by atoms with Gasteiger partial charge in [-0.15, -0.1) is 0 Å². The lowest BCUT2D eigenvalue weighted by molar-refractivity contribution is -0.143. The van der Waals surface area contributed by atoms with Gasteiger partial charge in [0.2, 0.25) is 0 Å². The van der Waals surface area contributed by atoms with Gasteiger partial charge in [0.05, 0.1) is 13.0 Å². The zero-order valence-electron chi connectivity index (χ0n) is 18.7. The highest BCUT2D eigenvalue weighted by molar-refractivity contribution is 5.96. The Labute approximate surface area is 197 Å². The molecule has 0 saturated carbocycles. The van der Waals surface area contributed by atoms with Crippen LogP contribution in [0.1, 0.15) is 45.8 Å². The molecule has 0 spiro atoms. The smallest absolute Gasteiger partial charge is 0.306 e. The van der Waals surface area contributed by atoms with E-state index in [1.165, 1.54) is 0 Å². The Balaban J connectivity index is 1.58. The third-order valence-electron chi connectivity index (χ3n) is 6.69. The quantitative estimate of drug-likeness (QED) is 0.462. The number of fused-ring (bicyclic) bond motifs is 2. The summed E-state index contributed by atoms with van der Waals surface area (Å²) in [5.74, 6) is 0.254. The van der Waals surface area contributed by atoms with Crippen molar-refractivity contribution in [2.45, 2.75) is 18.8 Å². The number of amides is 1. The number of aliphatic carboxylic acids is 1. The predicted molar refractivity (Wildman–Crippen MR) is 125 cm³/mol. The summed E-state index contributed by atoms with van der Waals surface area (Å²) in [5.41, 5.74) is 3.14. The van der Waals surface area contributed by atoms with Crippen LogP contribution in [0.2, 0.25) is 0 Å². The lowest BCUT2D eigenvalue weighted by Gasteiger charge is -2.33. The molecule has 1 saturated heterocycles. The molecule has 1 amide bonds. The standard InChI is InChI=1S/C27H25NO6/c1-33-18-7-9-22-24(15-18)34-23-14-17(29)6-8-21(23)25(22)19-4-2-3-5-20(19)26(30)28-12-10-16(11-13-28)27(31)32/h2-9,14-16,25,29H,10-13H2,1H3,(H,31,32). The Kier molecular flexibility index (Phi) is 5.61. The molecule has 2 aliphatic rings. The Morgan fingerprint density at radius 1 is 0.941 bits per heavy atom. The molecule has 5 rings (SSSR count). The van der Waals surface area contributed by atoms with Crippen LogP contribution in [0.25, 0.3) is 0 Å². The second-order valence-corrected chi connectivity index (χ2v) is 8.65. The lowest BCUT2D eigenvalue weighted by Crippen LogP contribution is -2.40. The van der Waals surface area contributed by atoms with Crippen LogP contribution in [0.3, 0.4) is 0 Å². The molecular formula is C27H25NO6. The summed E-state index contributed by atoms with van der Waals surface area (Å²) in [4.78, 5) is 26.7. The second kappa shape index (κ2) is 8.74. The van der Waals surface area contributed by atoms with Crippen LogP contribution in [-0.2, 0) is 4.79 Å². The summed E-state index contributed by atoms with van der Waals surface area (Å²) in [6.45, 7) is 0.826. The van der Waals surface area contributed by atoms with Crippen LogP contribution in [0.4, 0.5) is 0 Å². The fourth-order valence-electron chi connectivity index (χ4n) is 4.88. The summed E-state index contributed by atoms with van der Waals surface area (Å²) in [6, 6.07) is 18.1. The van der Waals surface area contributed by atoms with Gasteiger partial charge in [-0.3, -0.25) is 9.59 Å². The van der Waals surface area contributed by atoms with Crippen molar-refractivity contribution in [2.75, 3.05) is 20.2 Å². The number of ether oxygens (including phenoxy) is 2. The van der Waals surface area contributed by atoms with E-state index in [9.17, 15) is 19.8 Å². The van der Waals surface area contributed by atoms with E-state index in [1.807, 2.05) is 42.5 Å². The molecule has 2 N–H and O–H groups in total. The molecule has 1 unspecified atom stereocenters. The maximum atomic E-state index is 13.6. The summed E-state index contributed by atoms with van der Waals surface area (Å²) in [6.07, 6.45) is 0.899. The van der Waals surface area contributed by atoms with Crippen molar-refractivity contribution < 1.29 is 29.3 Å². The minimum Gasteiger partial charge on any atom is -0.508 e. The number of carboxylic acids is 1. The molecule has 1 fully saturated rings. The molecule has 0 bridgehead atoms. The minimum absolute atomic E-state index is 0.0921. The SMILES string of the molecule is COc1ccc2c(c1)Oc1cc(O)ccc1C2c1ccccc1C(=O)N1CCC(C(=O)O)CC1. The number of carbonyl (C=O) groups is 2. The molecule has 3 aromatic rings. The van der Waals surface area contributed by atoms with Crippen LogP contribution in [0.15, 0.2) is 60.7 Å². The van der Waals surface area contributed by atoms with Gasteiger partial charge in [0.25, 0.3) is 5.91 Å². The molecule has 174 valence electrons. The van der Waals surface area contributed by atoms with Crippen molar-refractivity contribution in [1.29, 1.82) is 0 Å². The molecule has 7 nitrogen and oxygen atoms in total. The van der Waals surface area contributed by atoms with Crippen molar-refractivity contribution in [3.63, 3.8) is 0 Å². The van der Waals surface area contributed by atoms with E-state index in [0.29, 0.717) is 48.7 Å². The van der Waals surface area contributed by atoms with Crippen LogP contribution in [-0.4, -0.2) is 47.2 Å². The molecule has 3 aromatic carbocycles. The Hall–Kier alpha value is -4.00. The van der Waals surface area contributed by atoms with Crippen molar-refractivity contribution in [3.8, 4) is 23.0 Å². The second-order valence-electron chi connectivity index (χ2n) is 8.65. The normalized spacial score (nSPS) is 17.3. The number of hydrogen-bond donors (Lipinski definition) is 2. The average molecular weight is 459 g/mol. The van der Waals surface area contributed by atoms with Gasteiger partial charge in [0.1, 0.15) is 23.0 Å². The van der Waals surface area contributed by atoms with Gasteiger partial charge < -0.3 is 24.6 Å². The van der Waals surface area contributed by atoms with E-state index in [1.54, 1.807) is 30.2 Å². The zero-order valence-corrected chi connectivity index (χ0v) is 18.7. The summed E-state index contributed by atoms with van der Waals surface area (Å²) >= 11 is 0. The number of phenolic OH excluding ortho intramolecular Hbond substituents is 1. The molecule has 2 aliphatic heterocycles. The zero-order chi connectivity index (χ0) is 23.8. The Bertz CT molecular complexity index is 1260. The first kappa shape index (κ1) is 21.8. The van der Waals surface area contributed by atoms with Crippen molar-refractivity contribution in [1.82, 2.24) is 4.90 Å². The van der Waals surface area contributed by atoms with Crippen LogP contribution >= 0.6 is 0 Å². The van der Waals surface area contributed by atoms with E-state index in [0.717, 1.165) is 16.7 Å². The molecule has 7 heteroatoms. The molecular weight excluding hydrogens is 434 g/mol. The first-order valence-electron chi connectivity index (χ1n) is 11.3.